The standard InChI is InChI=1S/C44H51N3O5/c1-27-22-34(26-47-21-20-33(25-47)44(49)50)41(51-5)24-32(27)17-16-31-10-7-13-37(29(31)3)38-14-9-15-39(30(38)4)40-23-28(2)36(43(46-40)52-6)12-8-11-35-18-19-42(48)45-35/h7,9-10,13-17,22-24,33,35H,8,11-12,18-21,25-26H2,1-6H3,(H,45,48)(H,49,50)/b17-16+/t33-,35-/m1/s1. The van der Waals surface area contributed by atoms with Crippen molar-refractivity contribution in [3.63, 3.8) is 0 Å². The van der Waals surface area contributed by atoms with Crippen LogP contribution < -0.4 is 14.8 Å². The van der Waals surface area contributed by atoms with Gasteiger partial charge in [-0.2, -0.15) is 0 Å². The van der Waals surface area contributed by atoms with E-state index in [4.69, 9.17) is 14.5 Å². The van der Waals surface area contributed by atoms with E-state index in [1.807, 2.05) is 0 Å². The normalized spacial score (nSPS) is 17.5. The average Bonchev–Trinajstić information content (AvgIpc) is 3.78. The number of ether oxygens (including phenoxy) is 2. The molecule has 1 aromatic heterocycles. The number of aliphatic carboxylic acids is 1. The molecule has 6 rings (SSSR count). The first kappa shape index (κ1) is 36.8. The van der Waals surface area contributed by atoms with Gasteiger partial charge < -0.3 is 19.9 Å². The van der Waals surface area contributed by atoms with Gasteiger partial charge in [-0.3, -0.25) is 14.5 Å². The highest BCUT2D eigenvalue weighted by Gasteiger charge is 2.28. The quantitative estimate of drug-likeness (QED) is 0.135. The monoisotopic (exact) mass is 701 g/mol. The molecule has 0 aliphatic carbocycles. The molecule has 1 amide bonds. The number of nitrogens with one attached hydrogen (secondary N) is 1. The van der Waals surface area contributed by atoms with E-state index >= 15 is 0 Å². The molecule has 2 aliphatic rings. The summed E-state index contributed by atoms with van der Waals surface area (Å²) in [7, 11) is 3.38. The van der Waals surface area contributed by atoms with Crippen LogP contribution in [0.2, 0.25) is 0 Å². The summed E-state index contributed by atoms with van der Waals surface area (Å²) in [6.07, 6.45) is 9.34. The van der Waals surface area contributed by atoms with E-state index in [0.717, 1.165) is 88.2 Å². The number of aryl methyl sites for hydroxylation is 2. The lowest BCUT2D eigenvalue weighted by atomic mass is 9.90. The van der Waals surface area contributed by atoms with Gasteiger partial charge in [-0.1, -0.05) is 54.6 Å². The second kappa shape index (κ2) is 16.2. The smallest absolute Gasteiger partial charge is 0.307 e. The maximum absolute atomic E-state index is 11.6. The number of rotatable bonds is 13. The summed E-state index contributed by atoms with van der Waals surface area (Å²) in [5, 5.41) is 12.5. The highest BCUT2D eigenvalue weighted by molar-refractivity contribution is 5.83. The van der Waals surface area contributed by atoms with Crippen molar-refractivity contribution < 1.29 is 24.2 Å². The van der Waals surface area contributed by atoms with Crippen molar-refractivity contribution in [1.29, 1.82) is 0 Å². The van der Waals surface area contributed by atoms with Gasteiger partial charge in [0.25, 0.3) is 0 Å². The molecule has 0 radical (unpaired) electrons. The van der Waals surface area contributed by atoms with Crippen LogP contribution >= 0.6 is 0 Å². The molecule has 2 aliphatic heterocycles. The SMILES string of the molecule is COc1cc(/C=C/c2cccc(-c3cccc(-c4cc(C)c(CCC[C@@H]5CCC(=O)N5)c(OC)n4)c3C)c2C)c(C)cc1CN1CC[C@@H](C(=O)O)C1. The summed E-state index contributed by atoms with van der Waals surface area (Å²) >= 11 is 0. The van der Waals surface area contributed by atoms with Gasteiger partial charge in [0.15, 0.2) is 0 Å². The van der Waals surface area contributed by atoms with Crippen LogP contribution in [0.15, 0.2) is 54.6 Å². The van der Waals surface area contributed by atoms with Crippen LogP contribution in [0.4, 0.5) is 0 Å². The molecule has 272 valence electrons. The van der Waals surface area contributed by atoms with Gasteiger partial charge in [0.1, 0.15) is 5.75 Å². The summed E-state index contributed by atoms with van der Waals surface area (Å²) in [6.45, 7) is 10.6. The predicted octanol–water partition coefficient (Wildman–Crippen LogP) is 8.34. The highest BCUT2D eigenvalue weighted by atomic mass is 16.5. The third-order valence-electron chi connectivity index (χ3n) is 11.0. The average molecular weight is 702 g/mol. The first-order chi connectivity index (χ1) is 25.1. The Kier molecular flexibility index (Phi) is 11.4. The van der Waals surface area contributed by atoms with Crippen molar-refractivity contribution in [3.8, 4) is 34.0 Å². The number of hydrogen-bond donors (Lipinski definition) is 2. The van der Waals surface area contributed by atoms with Crippen molar-refractivity contribution in [3.05, 3.63) is 99.1 Å². The lowest BCUT2D eigenvalue weighted by Crippen LogP contribution is -2.25. The molecule has 2 N–H and O–H groups in total. The number of pyridine rings is 1. The van der Waals surface area contributed by atoms with Crippen LogP contribution in [-0.4, -0.2) is 60.2 Å². The third-order valence-corrected chi connectivity index (χ3v) is 11.0. The highest BCUT2D eigenvalue weighted by Crippen LogP contribution is 2.37. The van der Waals surface area contributed by atoms with Gasteiger partial charge >= 0.3 is 5.97 Å². The fraction of sp³-hybridized carbons (Fsp3) is 0.386. The number of amides is 1. The fourth-order valence-electron chi connectivity index (χ4n) is 7.89. The zero-order chi connectivity index (χ0) is 36.9. The van der Waals surface area contributed by atoms with Crippen LogP contribution in [-0.2, 0) is 22.6 Å². The van der Waals surface area contributed by atoms with Crippen LogP contribution in [0.5, 0.6) is 11.6 Å². The summed E-state index contributed by atoms with van der Waals surface area (Å²) in [5.41, 5.74) is 13.4. The number of methoxy groups -OCH3 is 2. The number of carbonyl (C=O) groups excluding carboxylic acids is 1. The molecule has 0 spiro atoms. The Bertz CT molecular complexity index is 2000. The summed E-state index contributed by atoms with van der Waals surface area (Å²) in [5.74, 6) is 0.626. The van der Waals surface area contributed by atoms with Crippen LogP contribution in [0, 0.1) is 33.6 Å². The molecule has 3 aromatic carbocycles. The van der Waals surface area contributed by atoms with E-state index in [1.54, 1.807) is 14.2 Å². The number of carbonyl (C=O) groups is 2. The summed E-state index contributed by atoms with van der Waals surface area (Å²) in [4.78, 5) is 30.3. The van der Waals surface area contributed by atoms with E-state index in [9.17, 15) is 14.7 Å². The molecule has 2 fully saturated rings. The Hall–Kier alpha value is -4.95. The van der Waals surface area contributed by atoms with Crippen LogP contribution in [0.25, 0.3) is 34.5 Å². The van der Waals surface area contributed by atoms with Crippen molar-refractivity contribution in [2.45, 2.75) is 78.8 Å². The minimum atomic E-state index is -0.716. The fourth-order valence-corrected chi connectivity index (χ4v) is 7.89. The van der Waals surface area contributed by atoms with Crippen molar-refractivity contribution in [1.82, 2.24) is 15.2 Å². The minimum absolute atomic E-state index is 0.160. The Morgan fingerprint density at radius 2 is 1.65 bits per heavy atom. The van der Waals surface area contributed by atoms with Gasteiger partial charge in [-0.15, -0.1) is 0 Å². The van der Waals surface area contributed by atoms with Gasteiger partial charge in [0.05, 0.1) is 25.8 Å². The molecule has 52 heavy (non-hydrogen) atoms. The summed E-state index contributed by atoms with van der Waals surface area (Å²) in [6, 6.07) is 19.6. The van der Waals surface area contributed by atoms with Gasteiger partial charge in [0, 0.05) is 42.2 Å². The molecule has 4 aromatic rings. The molecule has 3 heterocycles. The molecule has 0 bridgehead atoms. The second-order valence-electron chi connectivity index (χ2n) is 14.4. The number of hydrogen-bond acceptors (Lipinski definition) is 6. The zero-order valence-corrected chi connectivity index (χ0v) is 31.3. The summed E-state index contributed by atoms with van der Waals surface area (Å²) < 4.78 is 11.6. The predicted molar refractivity (Wildman–Crippen MR) is 208 cm³/mol. The number of aromatic nitrogens is 1. The first-order valence-electron chi connectivity index (χ1n) is 18.4. The molecular weight excluding hydrogens is 651 g/mol. The number of nitrogens with zero attached hydrogens (tertiary/aromatic N) is 2. The molecule has 2 atom stereocenters. The maximum atomic E-state index is 11.6. The lowest BCUT2D eigenvalue weighted by molar-refractivity contribution is -0.141. The Morgan fingerprint density at radius 3 is 2.35 bits per heavy atom. The molecular formula is C44H51N3O5. The Morgan fingerprint density at radius 1 is 0.923 bits per heavy atom. The largest absolute Gasteiger partial charge is 0.496 e. The molecule has 8 heteroatoms. The first-order valence-corrected chi connectivity index (χ1v) is 18.4. The number of benzene rings is 3. The second-order valence-corrected chi connectivity index (χ2v) is 14.4. The number of likely N-dealkylation sites (tertiary alicyclic amines) is 1. The van der Waals surface area contributed by atoms with Crippen LogP contribution in [0.1, 0.15) is 76.6 Å². The lowest BCUT2D eigenvalue weighted by Gasteiger charge is -2.19. The van der Waals surface area contributed by atoms with Crippen molar-refractivity contribution >= 4 is 24.0 Å². The van der Waals surface area contributed by atoms with Crippen molar-refractivity contribution in [2.75, 3.05) is 27.3 Å². The van der Waals surface area contributed by atoms with E-state index in [0.29, 0.717) is 31.8 Å². The third kappa shape index (κ3) is 8.07. The number of carboxylic acid groups (broad SMARTS) is 1. The van der Waals surface area contributed by atoms with Crippen molar-refractivity contribution in [2.24, 2.45) is 5.92 Å². The Labute approximate surface area is 307 Å². The zero-order valence-electron chi connectivity index (χ0n) is 31.3. The van der Waals surface area contributed by atoms with Gasteiger partial charge in [0.2, 0.25) is 11.8 Å². The van der Waals surface area contributed by atoms with E-state index < -0.39 is 5.97 Å². The maximum Gasteiger partial charge on any atom is 0.307 e. The van der Waals surface area contributed by atoms with E-state index in [-0.39, 0.29) is 17.9 Å². The molecule has 2 saturated heterocycles. The van der Waals surface area contributed by atoms with Gasteiger partial charge in [-0.25, -0.2) is 4.98 Å². The van der Waals surface area contributed by atoms with Gasteiger partial charge in [-0.05, 0) is 123 Å². The minimum Gasteiger partial charge on any atom is -0.496 e. The molecule has 8 nitrogen and oxygen atoms in total. The topological polar surface area (TPSA) is 101 Å². The molecule has 0 unspecified atom stereocenters. The Balaban J connectivity index is 1.22. The van der Waals surface area contributed by atoms with Crippen LogP contribution in [0.3, 0.4) is 0 Å². The number of carboxylic acids is 1. The molecule has 0 saturated carbocycles. The van der Waals surface area contributed by atoms with E-state index in [2.05, 4.69) is 105 Å². The van der Waals surface area contributed by atoms with E-state index in [1.165, 1.54) is 16.7 Å².